The maximum Gasteiger partial charge on any atom is 0.213 e. The van der Waals surface area contributed by atoms with Crippen LogP contribution in [-0.2, 0) is 27.8 Å². The van der Waals surface area contributed by atoms with Gasteiger partial charge in [0.15, 0.2) is 9.84 Å². The molecule has 0 aliphatic carbocycles. The van der Waals surface area contributed by atoms with E-state index in [1.165, 1.54) is 12.7 Å². The number of piperidine rings is 1. The van der Waals surface area contributed by atoms with Crippen molar-refractivity contribution in [3.05, 3.63) is 77.5 Å². The van der Waals surface area contributed by atoms with Crippen LogP contribution in [0.3, 0.4) is 0 Å². The average Bonchev–Trinajstić information content (AvgIpc) is 2.88. The molecular weight excluding hydrogens is 496 g/mol. The Morgan fingerprint density at radius 3 is 2.34 bits per heavy atom. The smallest absolute Gasteiger partial charge is 0.213 e. The number of pyridine rings is 1. The molecule has 0 N–H and O–H groups in total. The van der Waals surface area contributed by atoms with Gasteiger partial charge in [0.25, 0.3) is 0 Å². The lowest BCUT2D eigenvalue weighted by Gasteiger charge is -2.48. The number of aryl methyl sites for hydroxylation is 1. The van der Waals surface area contributed by atoms with Crippen molar-refractivity contribution in [3.8, 4) is 22.8 Å². The molecule has 1 spiro atoms. The molecule has 5 rings (SSSR count). The number of likely N-dealkylation sites (tertiary alicyclic amines) is 1. The van der Waals surface area contributed by atoms with Gasteiger partial charge in [-0.25, -0.2) is 13.4 Å². The van der Waals surface area contributed by atoms with Gasteiger partial charge in [-0.3, -0.25) is 4.90 Å². The van der Waals surface area contributed by atoms with E-state index in [2.05, 4.69) is 48.9 Å². The molecule has 2 aromatic carbocycles. The molecule has 3 heterocycles. The number of nitrogens with zero attached hydrogens (tertiary/aromatic N) is 2. The van der Waals surface area contributed by atoms with Crippen LogP contribution in [0, 0.1) is 0 Å². The lowest BCUT2D eigenvalue weighted by atomic mass is 9.81. The quantitative estimate of drug-likeness (QED) is 0.396. The Balaban J connectivity index is 1.23. The predicted octanol–water partition coefficient (Wildman–Crippen LogP) is 5.83. The van der Waals surface area contributed by atoms with Gasteiger partial charge in [0.2, 0.25) is 5.88 Å². The van der Waals surface area contributed by atoms with Crippen LogP contribution in [0.4, 0.5) is 0 Å². The molecule has 0 radical (unpaired) electrons. The van der Waals surface area contributed by atoms with Gasteiger partial charge in [-0.1, -0.05) is 36.4 Å². The Bertz CT molecular complexity index is 1390. The van der Waals surface area contributed by atoms with Crippen molar-refractivity contribution in [2.24, 2.45) is 0 Å². The van der Waals surface area contributed by atoms with Crippen molar-refractivity contribution >= 4 is 9.84 Å². The second-order valence-corrected chi connectivity index (χ2v) is 13.7. The third kappa shape index (κ3) is 6.05. The average molecular weight is 535 g/mol. The molecule has 0 saturated carbocycles. The zero-order valence-electron chi connectivity index (χ0n) is 22.9. The van der Waals surface area contributed by atoms with E-state index in [-0.39, 0.29) is 22.6 Å². The number of sulfone groups is 1. The van der Waals surface area contributed by atoms with Crippen LogP contribution in [0.1, 0.15) is 56.9 Å². The molecule has 7 heteroatoms. The highest BCUT2D eigenvalue weighted by molar-refractivity contribution is 7.89. The van der Waals surface area contributed by atoms with E-state index in [4.69, 9.17) is 9.47 Å². The van der Waals surface area contributed by atoms with Crippen LogP contribution >= 0.6 is 0 Å². The lowest BCUT2D eigenvalue weighted by molar-refractivity contribution is -0.0355. The van der Waals surface area contributed by atoms with E-state index in [1.807, 2.05) is 24.3 Å². The van der Waals surface area contributed by atoms with Crippen molar-refractivity contribution in [3.63, 3.8) is 0 Å². The largest absolute Gasteiger partial charge is 0.487 e. The van der Waals surface area contributed by atoms with Crippen molar-refractivity contribution in [1.82, 2.24) is 9.88 Å². The van der Waals surface area contributed by atoms with Crippen molar-refractivity contribution in [2.45, 2.75) is 69.1 Å². The van der Waals surface area contributed by atoms with Crippen molar-refractivity contribution in [2.75, 3.05) is 20.2 Å². The Kier molecular flexibility index (Phi) is 7.27. The fourth-order valence-electron chi connectivity index (χ4n) is 5.61. The Morgan fingerprint density at radius 2 is 1.66 bits per heavy atom. The molecule has 2 aliphatic heterocycles. The first-order valence-electron chi connectivity index (χ1n) is 13.4. The Labute approximate surface area is 226 Å². The maximum atomic E-state index is 12.8. The van der Waals surface area contributed by atoms with Gasteiger partial charge in [0.1, 0.15) is 11.4 Å². The van der Waals surface area contributed by atoms with Gasteiger partial charge in [0, 0.05) is 24.7 Å². The van der Waals surface area contributed by atoms with E-state index in [0.717, 1.165) is 61.2 Å². The van der Waals surface area contributed by atoms with E-state index < -0.39 is 9.84 Å². The summed E-state index contributed by atoms with van der Waals surface area (Å²) in [5.74, 6) is 1.28. The lowest BCUT2D eigenvalue weighted by Crippen LogP contribution is -2.54. The topological polar surface area (TPSA) is 68.7 Å². The number of fused-ring (bicyclic) bond motifs is 1. The molecule has 0 bridgehead atoms. The number of hydrogen-bond donors (Lipinski definition) is 0. The minimum absolute atomic E-state index is 0.0288. The first-order chi connectivity index (χ1) is 18.0. The molecule has 0 atom stereocenters. The standard InChI is InChI=1S/C31H38N2O4S/c1-30(2,3)33-18-16-31(17-19-33)15-14-26-20-25(12-13-28(26)37-31)24-10-8-23(9-11-24)21-38(34,35)22-27-6-5-7-29(32-27)36-4/h5-13,20H,14-19,21-22H2,1-4H3. The second-order valence-electron chi connectivity index (χ2n) is 11.7. The molecule has 1 saturated heterocycles. The second kappa shape index (κ2) is 10.3. The van der Waals surface area contributed by atoms with Crippen LogP contribution in [0.15, 0.2) is 60.7 Å². The SMILES string of the molecule is COc1cccc(CS(=O)(=O)Cc2ccc(-c3ccc4c(c3)CCC3(CCN(C(C)(C)C)CC3)O4)cc2)n1. The molecular formula is C31H38N2O4S. The monoisotopic (exact) mass is 534 g/mol. The number of ether oxygens (including phenoxy) is 2. The van der Waals surface area contributed by atoms with Gasteiger partial charge in [-0.15, -0.1) is 0 Å². The normalized spacial score (nSPS) is 17.6. The van der Waals surface area contributed by atoms with E-state index in [0.29, 0.717) is 11.6 Å². The summed E-state index contributed by atoms with van der Waals surface area (Å²) in [6.07, 6.45) is 4.22. The zero-order chi connectivity index (χ0) is 27.0. The van der Waals surface area contributed by atoms with Crippen LogP contribution in [0.25, 0.3) is 11.1 Å². The fraction of sp³-hybridized carbons (Fsp3) is 0.452. The molecule has 1 aromatic heterocycles. The van der Waals surface area contributed by atoms with Gasteiger partial charge in [-0.05, 0) is 86.9 Å². The highest BCUT2D eigenvalue weighted by Crippen LogP contribution is 2.41. The summed E-state index contributed by atoms with van der Waals surface area (Å²) in [7, 11) is -1.85. The van der Waals surface area contributed by atoms with Crippen molar-refractivity contribution < 1.29 is 17.9 Å². The number of rotatable bonds is 6. The predicted molar refractivity (Wildman–Crippen MR) is 151 cm³/mol. The maximum absolute atomic E-state index is 12.8. The highest BCUT2D eigenvalue weighted by Gasteiger charge is 2.41. The summed E-state index contributed by atoms with van der Waals surface area (Å²) in [6.45, 7) is 9.02. The Hall–Kier alpha value is -2.90. The van der Waals surface area contributed by atoms with Gasteiger partial charge >= 0.3 is 0 Å². The van der Waals surface area contributed by atoms with Gasteiger partial charge < -0.3 is 9.47 Å². The fourth-order valence-corrected chi connectivity index (χ4v) is 7.03. The van der Waals surface area contributed by atoms with E-state index in [1.54, 1.807) is 18.2 Å². The summed E-state index contributed by atoms with van der Waals surface area (Å²) in [4.78, 5) is 6.79. The molecule has 6 nitrogen and oxygen atoms in total. The summed E-state index contributed by atoms with van der Waals surface area (Å²) >= 11 is 0. The highest BCUT2D eigenvalue weighted by atomic mass is 32.2. The molecule has 1 fully saturated rings. The Morgan fingerprint density at radius 1 is 0.947 bits per heavy atom. The minimum Gasteiger partial charge on any atom is -0.487 e. The first-order valence-corrected chi connectivity index (χ1v) is 15.2. The van der Waals surface area contributed by atoms with Gasteiger partial charge in [-0.2, -0.15) is 0 Å². The summed E-state index contributed by atoms with van der Waals surface area (Å²) in [5, 5.41) is 0. The number of aromatic nitrogens is 1. The van der Waals surface area contributed by atoms with Crippen molar-refractivity contribution in [1.29, 1.82) is 0 Å². The summed E-state index contributed by atoms with van der Waals surface area (Å²) in [6, 6.07) is 19.4. The molecule has 0 unspecified atom stereocenters. The van der Waals surface area contributed by atoms with Crippen LogP contribution in [-0.4, -0.2) is 49.6 Å². The summed E-state index contributed by atoms with van der Waals surface area (Å²) < 4.78 is 37.3. The van der Waals surface area contributed by atoms with E-state index >= 15 is 0 Å². The molecule has 2 aliphatic rings. The van der Waals surface area contributed by atoms with Crippen LogP contribution in [0.5, 0.6) is 11.6 Å². The third-order valence-corrected chi connectivity index (χ3v) is 9.40. The van der Waals surface area contributed by atoms with Crippen LogP contribution < -0.4 is 9.47 Å². The van der Waals surface area contributed by atoms with Crippen LogP contribution in [0.2, 0.25) is 0 Å². The molecule has 202 valence electrons. The molecule has 0 amide bonds. The number of hydrogen-bond acceptors (Lipinski definition) is 6. The summed E-state index contributed by atoms with van der Waals surface area (Å²) in [5.41, 5.74) is 4.87. The van der Waals surface area contributed by atoms with E-state index in [9.17, 15) is 8.42 Å². The zero-order valence-corrected chi connectivity index (χ0v) is 23.7. The number of benzene rings is 2. The first kappa shape index (κ1) is 26.7. The minimum atomic E-state index is -3.37. The van der Waals surface area contributed by atoms with Gasteiger partial charge in [0.05, 0.1) is 24.3 Å². The third-order valence-electron chi connectivity index (χ3n) is 7.89. The molecule has 3 aromatic rings. The molecule has 38 heavy (non-hydrogen) atoms. The number of methoxy groups -OCH3 is 1.